The van der Waals surface area contributed by atoms with Crippen molar-refractivity contribution in [2.45, 2.75) is 33.7 Å². The first kappa shape index (κ1) is 16.9. The zero-order valence-electron chi connectivity index (χ0n) is 12.8. The summed E-state index contributed by atoms with van der Waals surface area (Å²) in [7, 11) is 0. The molecule has 0 saturated heterocycles. The number of carbonyl (C=O) groups is 1. The second-order valence-corrected chi connectivity index (χ2v) is 5.56. The van der Waals surface area contributed by atoms with Crippen LogP contribution in [-0.2, 0) is 0 Å². The van der Waals surface area contributed by atoms with Crippen molar-refractivity contribution >= 4 is 18.1 Å². The van der Waals surface area contributed by atoms with Gasteiger partial charge in [0.25, 0.3) is 5.91 Å². The van der Waals surface area contributed by atoms with Crippen LogP contribution in [0.2, 0.25) is 0 Å². The molecule has 0 saturated carbocycles. The standard InChI is InChI=1S/C15H25N3OS/c1-5-18(6-2)13(11(3)4)10-17-14(19)12-8-7-9-16-15(12)20/h7-9,11,13H,5-6,10H2,1-4H3,(H,16,20)(H,17,19)/t13-/m1/s1. The number of nitrogens with zero attached hydrogens (tertiary/aromatic N) is 1. The molecule has 1 amide bonds. The minimum absolute atomic E-state index is 0.107. The zero-order chi connectivity index (χ0) is 15.1. The summed E-state index contributed by atoms with van der Waals surface area (Å²) in [6, 6.07) is 3.88. The molecule has 0 bridgehead atoms. The van der Waals surface area contributed by atoms with Crippen LogP contribution < -0.4 is 5.32 Å². The molecule has 0 spiro atoms. The predicted molar refractivity (Wildman–Crippen MR) is 85.5 cm³/mol. The third kappa shape index (κ3) is 4.42. The highest BCUT2D eigenvalue weighted by Gasteiger charge is 2.20. The number of nitrogens with one attached hydrogen (secondary N) is 2. The molecule has 1 aromatic heterocycles. The van der Waals surface area contributed by atoms with E-state index in [2.05, 4.69) is 42.9 Å². The maximum Gasteiger partial charge on any atom is 0.254 e. The van der Waals surface area contributed by atoms with Gasteiger partial charge < -0.3 is 10.3 Å². The van der Waals surface area contributed by atoms with E-state index in [1.54, 1.807) is 18.3 Å². The molecule has 0 unspecified atom stereocenters. The average Bonchev–Trinajstić information content (AvgIpc) is 2.43. The summed E-state index contributed by atoms with van der Waals surface area (Å²) in [4.78, 5) is 17.4. The van der Waals surface area contributed by atoms with Crippen molar-refractivity contribution in [2.75, 3.05) is 19.6 Å². The number of amides is 1. The van der Waals surface area contributed by atoms with Gasteiger partial charge in [0.05, 0.1) is 5.56 Å². The fourth-order valence-electron chi connectivity index (χ4n) is 2.37. The molecule has 1 atom stereocenters. The van der Waals surface area contributed by atoms with Crippen LogP contribution >= 0.6 is 12.2 Å². The third-order valence-electron chi connectivity index (χ3n) is 3.59. The van der Waals surface area contributed by atoms with E-state index in [0.717, 1.165) is 13.1 Å². The zero-order valence-corrected chi connectivity index (χ0v) is 13.6. The van der Waals surface area contributed by atoms with Crippen molar-refractivity contribution in [1.29, 1.82) is 0 Å². The van der Waals surface area contributed by atoms with Crippen molar-refractivity contribution in [3.8, 4) is 0 Å². The van der Waals surface area contributed by atoms with E-state index >= 15 is 0 Å². The predicted octanol–water partition coefficient (Wildman–Crippen LogP) is 2.84. The summed E-state index contributed by atoms with van der Waals surface area (Å²) in [5, 5.41) is 3.00. The molecule has 112 valence electrons. The van der Waals surface area contributed by atoms with Crippen LogP contribution in [0.4, 0.5) is 0 Å². The number of pyridine rings is 1. The lowest BCUT2D eigenvalue weighted by atomic mass is 10.0. The minimum Gasteiger partial charge on any atom is -0.352 e. The monoisotopic (exact) mass is 295 g/mol. The fourth-order valence-corrected chi connectivity index (χ4v) is 2.60. The van der Waals surface area contributed by atoms with Crippen molar-refractivity contribution in [1.82, 2.24) is 15.2 Å². The number of rotatable bonds is 7. The molecule has 0 fully saturated rings. The Balaban J connectivity index is 2.71. The van der Waals surface area contributed by atoms with Gasteiger partial charge in [-0.05, 0) is 31.1 Å². The maximum absolute atomic E-state index is 12.2. The van der Waals surface area contributed by atoms with E-state index in [-0.39, 0.29) is 5.91 Å². The SMILES string of the molecule is CCN(CC)[C@H](CNC(=O)c1ccc[nH]c1=S)C(C)C. The molecular weight excluding hydrogens is 270 g/mol. The van der Waals surface area contributed by atoms with Gasteiger partial charge in [-0.25, -0.2) is 0 Å². The lowest BCUT2D eigenvalue weighted by Crippen LogP contribution is -2.46. The Kier molecular flexibility index (Phi) is 6.88. The first-order valence-electron chi connectivity index (χ1n) is 7.21. The Morgan fingerprint density at radius 1 is 1.40 bits per heavy atom. The van der Waals surface area contributed by atoms with E-state index < -0.39 is 0 Å². The third-order valence-corrected chi connectivity index (χ3v) is 3.92. The van der Waals surface area contributed by atoms with E-state index in [4.69, 9.17) is 12.2 Å². The molecule has 0 aliphatic heterocycles. The van der Waals surface area contributed by atoms with Crippen molar-refractivity contribution in [2.24, 2.45) is 5.92 Å². The number of H-pyrrole nitrogens is 1. The first-order valence-corrected chi connectivity index (χ1v) is 7.62. The molecule has 1 rings (SSSR count). The Morgan fingerprint density at radius 3 is 2.55 bits per heavy atom. The van der Waals surface area contributed by atoms with Crippen LogP contribution in [0.5, 0.6) is 0 Å². The summed E-state index contributed by atoms with van der Waals surface area (Å²) in [6.07, 6.45) is 1.73. The minimum atomic E-state index is -0.107. The largest absolute Gasteiger partial charge is 0.352 e. The summed E-state index contributed by atoms with van der Waals surface area (Å²) >= 11 is 5.13. The number of hydrogen-bond acceptors (Lipinski definition) is 3. The first-order chi connectivity index (χ1) is 9.51. The molecule has 5 heteroatoms. The molecular formula is C15H25N3OS. The lowest BCUT2D eigenvalue weighted by Gasteiger charge is -2.32. The number of carbonyl (C=O) groups excluding carboxylic acids is 1. The summed E-state index contributed by atoms with van der Waals surface area (Å²) in [5.74, 6) is 0.380. The molecule has 1 heterocycles. The number of hydrogen-bond donors (Lipinski definition) is 2. The van der Waals surface area contributed by atoms with Crippen LogP contribution in [0.25, 0.3) is 0 Å². The second kappa shape index (κ2) is 8.17. The normalized spacial score (nSPS) is 12.7. The molecule has 0 aliphatic rings. The Hall–Kier alpha value is -1.20. The molecule has 0 radical (unpaired) electrons. The number of likely N-dealkylation sites (N-methyl/N-ethyl adjacent to an activating group) is 1. The molecule has 0 aromatic carbocycles. The molecule has 0 aliphatic carbocycles. The Labute approximate surface area is 126 Å². The highest BCUT2D eigenvalue weighted by Crippen LogP contribution is 2.10. The van der Waals surface area contributed by atoms with Gasteiger partial charge in [0.15, 0.2) is 0 Å². The quantitative estimate of drug-likeness (QED) is 0.761. The highest BCUT2D eigenvalue weighted by molar-refractivity contribution is 7.71. The van der Waals surface area contributed by atoms with E-state index in [0.29, 0.717) is 28.7 Å². The Bertz CT molecular complexity index is 480. The van der Waals surface area contributed by atoms with Gasteiger partial charge in [-0.3, -0.25) is 9.69 Å². The lowest BCUT2D eigenvalue weighted by molar-refractivity contribution is 0.0920. The van der Waals surface area contributed by atoms with E-state index in [9.17, 15) is 4.79 Å². The highest BCUT2D eigenvalue weighted by atomic mass is 32.1. The van der Waals surface area contributed by atoms with Crippen molar-refractivity contribution in [3.05, 3.63) is 28.5 Å². The smallest absolute Gasteiger partial charge is 0.254 e. The molecule has 2 N–H and O–H groups in total. The van der Waals surface area contributed by atoms with Crippen LogP contribution in [0, 0.1) is 10.6 Å². The maximum atomic E-state index is 12.2. The van der Waals surface area contributed by atoms with Gasteiger partial charge in [0.1, 0.15) is 4.64 Å². The van der Waals surface area contributed by atoms with Crippen molar-refractivity contribution in [3.63, 3.8) is 0 Å². The molecule has 4 nitrogen and oxygen atoms in total. The topological polar surface area (TPSA) is 48.1 Å². The van der Waals surface area contributed by atoms with Gasteiger partial charge >= 0.3 is 0 Å². The molecule has 1 aromatic rings. The van der Waals surface area contributed by atoms with Gasteiger partial charge in [-0.1, -0.05) is 39.9 Å². The Morgan fingerprint density at radius 2 is 2.05 bits per heavy atom. The van der Waals surface area contributed by atoms with Crippen LogP contribution in [0.3, 0.4) is 0 Å². The van der Waals surface area contributed by atoms with Crippen LogP contribution in [0.1, 0.15) is 38.1 Å². The van der Waals surface area contributed by atoms with Gasteiger partial charge in [0, 0.05) is 18.8 Å². The average molecular weight is 295 g/mol. The number of aromatic nitrogens is 1. The molecule has 20 heavy (non-hydrogen) atoms. The van der Waals surface area contributed by atoms with E-state index in [1.165, 1.54) is 0 Å². The van der Waals surface area contributed by atoms with Gasteiger partial charge in [-0.15, -0.1) is 0 Å². The van der Waals surface area contributed by atoms with E-state index in [1.807, 2.05) is 0 Å². The number of aromatic amines is 1. The van der Waals surface area contributed by atoms with Crippen LogP contribution in [0.15, 0.2) is 18.3 Å². The van der Waals surface area contributed by atoms with Crippen molar-refractivity contribution < 1.29 is 4.79 Å². The fraction of sp³-hybridized carbons (Fsp3) is 0.600. The van der Waals surface area contributed by atoms with Gasteiger partial charge in [-0.2, -0.15) is 0 Å². The van der Waals surface area contributed by atoms with Gasteiger partial charge in [0.2, 0.25) is 0 Å². The summed E-state index contributed by atoms with van der Waals surface area (Å²) in [5.41, 5.74) is 0.532. The second-order valence-electron chi connectivity index (χ2n) is 5.16. The van der Waals surface area contributed by atoms with Crippen LogP contribution in [-0.4, -0.2) is 41.5 Å². The summed E-state index contributed by atoms with van der Waals surface area (Å²) in [6.45, 7) is 11.3. The summed E-state index contributed by atoms with van der Waals surface area (Å²) < 4.78 is 0.480.